The lowest BCUT2D eigenvalue weighted by Crippen LogP contribution is -2.54. The van der Waals surface area contributed by atoms with Gasteiger partial charge in [0.15, 0.2) is 0 Å². The average molecular weight is 356 g/mol. The molecule has 0 saturated heterocycles. The van der Waals surface area contributed by atoms with Crippen LogP contribution in [0.2, 0.25) is 0 Å². The number of hydrogen-bond acceptors (Lipinski definition) is 6. The van der Waals surface area contributed by atoms with Crippen LogP contribution >= 0.6 is 0 Å². The number of carbonyl (C=O) groups is 3. The largest absolute Gasteiger partial charge is 0.351 e. The minimum absolute atomic E-state index is 0.227. The summed E-state index contributed by atoms with van der Waals surface area (Å²) in [6, 6.07) is -1.13. The molecule has 3 unspecified atom stereocenters. The Morgan fingerprint density at radius 3 is 2.44 bits per heavy atom. The van der Waals surface area contributed by atoms with E-state index in [1.54, 1.807) is 12.4 Å². The van der Waals surface area contributed by atoms with Gasteiger partial charge >= 0.3 is 0 Å². The molecule has 1 saturated carbocycles. The molecule has 9 nitrogen and oxygen atoms in total. The van der Waals surface area contributed by atoms with Crippen LogP contribution in [0, 0.1) is 5.92 Å². The first-order valence-electron chi connectivity index (χ1n) is 8.51. The molecule has 3 atom stereocenters. The van der Waals surface area contributed by atoms with Crippen molar-refractivity contribution in [3.63, 3.8) is 0 Å². The second-order valence-electron chi connectivity index (χ2n) is 6.19. The molecule has 0 aromatic heterocycles. The lowest BCUT2D eigenvalue weighted by Gasteiger charge is -2.32. The van der Waals surface area contributed by atoms with Crippen LogP contribution in [0.25, 0.3) is 0 Å². The smallest absolute Gasteiger partial charge is 0.257 e. The molecule has 1 rings (SSSR count). The van der Waals surface area contributed by atoms with Crippen molar-refractivity contribution in [2.75, 3.05) is 6.54 Å². The summed E-state index contributed by atoms with van der Waals surface area (Å²) in [5.41, 5.74) is 3.91. The maximum atomic E-state index is 12.7. The third kappa shape index (κ3) is 6.45. The quantitative estimate of drug-likeness (QED) is 0.205. The standard InChI is InChI=1S/C16H28N4O5/c1-3-6-10(2)14(17-9-13(21)19-24)16(23)18-12-8-5-4-7-11(12)15(22)20-25/h6,11-12,14,17,24-25H,3-5,7-9H2,1-2H3,(H,18,23)(H,19,21)(H,20,22). The van der Waals surface area contributed by atoms with Gasteiger partial charge in [0, 0.05) is 6.04 Å². The molecule has 1 aliphatic carbocycles. The SMILES string of the molecule is CCC=C(C)C(NCC(=O)NO)C(=O)NC1CCCCC1C(=O)NO. The summed E-state index contributed by atoms with van der Waals surface area (Å²) in [7, 11) is 0. The van der Waals surface area contributed by atoms with Gasteiger partial charge in [-0.1, -0.05) is 31.4 Å². The zero-order valence-corrected chi connectivity index (χ0v) is 14.7. The van der Waals surface area contributed by atoms with E-state index in [1.165, 1.54) is 5.48 Å². The Morgan fingerprint density at radius 2 is 1.84 bits per heavy atom. The zero-order valence-electron chi connectivity index (χ0n) is 14.7. The van der Waals surface area contributed by atoms with E-state index in [-0.39, 0.29) is 18.5 Å². The molecule has 0 radical (unpaired) electrons. The topological polar surface area (TPSA) is 140 Å². The third-order valence-electron chi connectivity index (χ3n) is 4.38. The van der Waals surface area contributed by atoms with Gasteiger partial charge in [-0.2, -0.15) is 0 Å². The van der Waals surface area contributed by atoms with Gasteiger partial charge in [-0.25, -0.2) is 11.0 Å². The molecule has 3 amide bonds. The van der Waals surface area contributed by atoms with E-state index in [0.717, 1.165) is 24.8 Å². The van der Waals surface area contributed by atoms with E-state index in [1.807, 2.05) is 13.0 Å². The lowest BCUT2D eigenvalue weighted by molar-refractivity contribution is -0.136. The van der Waals surface area contributed by atoms with Crippen molar-refractivity contribution in [2.24, 2.45) is 5.92 Å². The van der Waals surface area contributed by atoms with Crippen LogP contribution in [0.3, 0.4) is 0 Å². The number of carbonyl (C=O) groups excluding carboxylic acids is 3. The molecule has 142 valence electrons. The van der Waals surface area contributed by atoms with Crippen molar-refractivity contribution in [2.45, 2.75) is 58.0 Å². The van der Waals surface area contributed by atoms with Crippen LogP contribution in [0.5, 0.6) is 0 Å². The monoisotopic (exact) mass is 356 g/mol. The molecule has 25 heavy (non-hydrogen) atoms. The molecule has 0 aliphatic heterocycles. The highest BCUT2D eigenvalue weighted by molar-refractivity contribution is 5.87. The zero-order chi connectivity index (χ0) is 18.8. The Bertz CT molecular complexity index is 509. The van der Waals surface area contributed by atoms with Gasteiger partial charge in [-0.3, -0.25) is 30.1 Å². The number of allylic oxidation sites excluding steroid dienone is 1. The number of amides is 3. The van der Waals surface area contributed by atoms with Crippen LogP contribution in [0.15, 0.2) is 11.6 Å². The highest BCUT2D eigenvalue weighted by Crippen LogP contribution is 2.25. The van der Waals surface area contributed by atoms with Crippen molar-refractivity contribution in [3.8, 4) is 0 Å². The molecule has 1 aliphatic rings. The van der Waals surface area contributed by atoms with E-state index in [9.17, 15) is 14.4 Å². The summed E-state index contributed by atoms with van der Waals surface area (Å²) in [5.74, 6) is -2.00. The van der Waals surface area contributed by atoms with E-state index < -0.39 is 23.8 Å². The van der Waals surface area contributed by atoms with E-state index >= 15 is 0 Å². The average Bonchev–Trinajstić information content (AvgIpc) is 2.61. The van der Waals surface area contributed by atoms with Crippen molar-refractivity contribution >= 4 is 17.7 Å². The molecule has 0 heterocycles. The molecule has 0 bridgehead atoms. The van der Waals surface area contributed by atoms with Crippen LogP contribution in [0.1, 0.15) is 46.0 Å². The van der Waals surface area contributed by atoms with Gasteiger partial charge < -0.3 is 5.32 Å². The van der Waals surface area contributed by atoms with Crippen molar-refractivity contribution < 1.29 is 24.8 Å². The van der Waals surface area contributed by atoms with Crippen LogP contribution in [-0.2, 0) is 14.4 Å². The van der Waals surface area contributed by atoms with Gasteiger partial charge in [0.1, 0.15) is 6.04 Å². The number of rotatable bonds is 8. The lowest BCUT2D eigenvalue weighted by atomic mass is 9.83. The Balaban J connectivity index is 2.82. The van der Waals surface area contributed by atoms with Crippen LogP contribution in [0.4, 0.5) is 0 Å². The first kappa shape index (κ1) is 21.1. The molecular formula is C16H28N4O5. The Morgan fingerprint density at radius 1 is 1.16 bits per heavy atom. The fourth-order valence-electron chi connectivity index (χ4n) is 3.10. The second-order valence-corrected chi connectivity index (χ2v) is 6.19. The van der Waals surface area contributed by atoms with Gasteiger partial charge in [0.25, 0.3) is 5.91 Å². The molecule has 0 aromatic rings. The second kappa shape index (κ2) is 10.8. The molecule has 6 N–H and O–H groups in total. The van der Waals surface area contributed by atoms with Crippen LogP contribution in [-0.4, -0.2) is 46.8 Å². The highest BCUT2D eigenvalue weighted by atomic mass is 16.5. The van der Waals surface area contributed by atoms with Gasteiger partial charge in [-0.15, -0.1) is 0 Å². The molecular weight excluding hydrogens is 328 g/mol. The molecule has 9 heteroatoms. The summed E-state index contributed by atoms with van der Waals surface area (Å²) >= 11 is 0. The highest BCUT2D eigenvalue weighted by Gasteiger charge is 2.33. The van der Waals surface area contributed by atoms with Gasteiger partial charge in [-0.05, 0) is 26.2 Å². The predicted octanol–water partition coefficient (Wildman–Crippen LogP) is -0.0133. The molecule has 0 aromatic carbocycles. The maximum absolute atomic E-state index is 12.7. The predicted molar refractivity (Wildman–Crippen MR) is 89.6 cm³/mol. The molecule has 1 fully saturated rings. The van der Waals surface area contributed by atoms with Gasteiger partial charge in [0.05, 0.1) is 12.5 Å². The normalized spacial score (nSPS) is 22.0. The number of hydrogen-bond donors (Lipinski definition) is 6. The van der Waals surface area contributed by atoms with Crippen molar-refractivity contribution in [3.05, 3.63) is 11.6 Å². The minimum Gasteiger partial charge on any atom is -0.351 e. The Kier molecular flexibility index (Phi) is 9.11. The summed E-state index contributed by atoms with van der Waals surface area (Å²) in [6.45, 7) is 3.48. The summed E-state index contributed by atoms with van der Waals surface area (Å²) in [5, 5.41) is 23.1. The summed E-state index contributed by atoms with van der Waals surface area (Å²) < 4.78 is 0. The first-order valence-corrected chi connectivity index (χ1v) is 8.51. The number of nitrogens with one attached hydrogen (secondary N) is 4. The minimum atomic E-state index is -0.753. The van der Waals surface area contributed by atoms with Crippen molar-refractivity contribution in [1.29, 1.82) is 0 Å². The number of hydroxylamine groups is 2. The van der Waals surface area contributed by atoms with Gasteiger partial charge in [0.2, 0.25) is 11.8 Å². The molecule has 0 spiro atoms. The summed E-state index contributed by atoms with van der Waals surface area (Å²) in [6.07, 6.45) is 5.57. The first-order chi connectivity index (χ1) is 11.9. The fraction of sp³-hybridized carbons (Fsp3) is 0.688. The van der Waals surface area contributed by atoms with E-state index in [4.69, 9.17) is 10.4 Å². The van der Waals surface area contributed by atoms with E-state index in [2.05, 4.69) is 10.6 Å². The van der Waals surface area contributed by atoms with Crippen molar-refractivity contribution in [1.82, 2.24) is 21.6 Å². The third-order valence-corrected chi connectivity index (χ3v) is 4.38. The van der Waals surface area contributed by atoms with E-state index in [0.29, 0.717) is 12.8 Å². The Hall–Kier alpha value is -1.97. The Labute approximate surface area is 147 Å². The maximum Gasteiger partial charge on any atom is 0.257 e. The fourth-order valence-corrected chi connectivity index (χ4v) is 3.10. The van der Waals surface area contributed by atoms with Crippen LogP contribution < -0.4 is 21.6 Å². The summed E-state index contributed by atoms with van der Waals surface area (Å²) in [4.78, 5) is 35.7.